The second-order valence-corrected chi connectivity index (χ2v) is 7.04. The smallest absolute Gasteiger partial charge is 0.191 e. The highest BCUT2D eigenvalue weighted by Gasteiger charge is 2.29. The summed E-state index contributed by atoms with van der Waals surface area (Å²) in [7, 11) is 0. The largest absolute Gasteiger partial charge is 0.383 e. The average molecular weight is 280 g/mol. The molecule has 0 radical (unpaired) electrons. The number of piperidine rings is 1. The van der Waals surface area contributed by atoms with Crippen molar-refractivity contribution in [1.82, 2.24) is 9.97 Å². The third-order valence-corrected chi connectivity index (χ3v) is 4.49. The van der Waals surface area contributed by atoms with E-state index in [1.807, 2.05) is 12.3 Å². The zero-order chi connectivity index (χ0) is 14.0. The van der Waals surface area contributed by atoms with Crippen molar-refractivity contribution in [3.8, 4) is 0 Å². The zero-order valence-corrected chi connectivity index (χ0v) is 13.1. The van der Waals surface area contributed by atoms with Crippen LogP contribution in [0.25, 0.3) is 0 Å². The van der Waals surface area contributed by atoms with E-state index in [-0.39, 0.29) is 0 Å². The van der Waals surface area contributed by atoms with Crippen molar-refractivity contribution in [3.63, 3.8) is 0 Å². The number of nitrogens with zero attached hydrogens (tertiary/aromatic N) is 3. The fraction of sp³-hybridized carbons (Fsp3) is 0.714. The van der Waals surface area contributed by atoms with Crippen LogP contribution in [0.5, 0.6) is 0 Å². The van der Waals surface area contributed by atoms with E-state index >= 15 is 0 Å². The summed E-state index contributed by atoms with van der Waals surface area (Å²) < 4.78 is 0. The van der Waals surface area contributed by atoms with Gasteiger partial charge in [-0.25, -0.2) is 9.97 Å². The Morgan fingerprint density at radius 1 is 1.26 bits per heavy atom. The van der Waals surface area contributed by atoms with Gasteiger partial charge in [0, 0.05) is 19.2 Å². The predicted octanol–water partition coefficient (Wildman–Crippen LogP) is 3.04. The van der Waals surface area contributed by atoms with Gasteiger partial charge in [-0.1, -0.05) is 32.5 Å². The number of nitrogens with two attached hydrogens (primary N) is 1. The molecule has 4 nitrogen and oxygen atoms in total. The van der Waals surface area contributed by atoms with Crippen LogP contribution in [0.15, 0.2) is 11.2 Å². The molecular formula is C14H24N4S. The topological polar surface area (TPSA) is 55.0 Å². The molecule has 1 aromatic heterocycles. The van der Waals surface area contributed by atoms with Gasteiger partial charge in [0.1, 0.15) is 11.6 Å². The summed E-state index contributed by atoms with van der Waals surface area (Å²) >= 11 is 1.54. The molecule has 19 heavy (non-hydrogen) atoms. The molecule has 0 atom stereocenters. The molecule has 1 aromatic rings. The Kier molecular flexibility index (Phi) is 4.23. The monoisotopic (exact) mass is 280 g/mol. The van der Waals surface area contributed by atoms with Gasteiger partial charge in [0.25, 0.3) is 0 Å². The Balaban J connectivity index is 2.07. The normalized spacial score (nSPS) is 17.8. The fourth-order valence-corrected chi connectivity index (χ4v) is 3.04. The first-order chi connectivity index (χ1) is 8.90. The first-order valence-electron chi connectivity index (χ1n) is 6.83. The summed E-state index contributed by atoms with van der Waals surface area (Å²) in [6, 6.07) is 1.89. The highest BCUT2D eigenvalue weighted by molar-refractivity contribution is 7.98. The van der Waals surface area contributed by atoms with Gasteiger partial charge in [-0.05, 0) is 30.4 Å². The van der Waals surface area contributed by atoms with Crippen molar-refractivity contribution in [2.24, 2.45) is 11.3 Å². The third kappa shape index (κ3) is 3.53. The van der Waals surface area contributed by atoms with E-state index in [4.69, 9.17) is 5.73 Å². The summed E-state index contributed by atoms with van der Waals surface area (Å²) in [5, 5.41) is 0.757. The maximum absolute atomic E-state index is 5.85. The van der Waals surface area contributed by atoms with Gasteiger partial charge in [0.2, 0.25) is 0 Å². The SMILES string of the molecule is CSc1nc(N)cc(N2CCC(C(C)(C)C)CC2)n1. The summed E-state index contributed by atoms with van der Waals surface area (Å²) in [4.78, 5) is 11.1. The number of hydrogen-bond acceptors (Lipinski definition) is 5. The summed E-state index contributed by atoms with van der Waals surface area (Å²) in [6.07, 6.45) is 4.43. The molecule has 5 heteroatoms. The Morgan fingerprint density at radius 3 is 2.42 bits per heavy atom. The van der Waals surface area contributed by atoms with Crippen molar-refractivity contribution in [3.05, 3.63) is 6.07 Å². The van der Waals surface area contributed by atoms with Gasteiger partial charge in [0.05, 0.1) is 0 Å². The molecule has 0 unspecified atom stereocenters. The van der Waals surface area contributed by atoms with Crippen molar-refractivity contribution < 1.29 is 0 Å². The van der Waals surface area contributed by atoms with Crippen LogP contribution >= 0.6 is 11.8 Å². The molecule has 0 saturated carbocycles. The van der Waals surface area contributed by atoms with E-state index in [2.05, 4.69) is 35.6 Å². The molecule has 0 spiro atoms. The molecule has 1 saturated heterocycles. The van der Waals surface area contributed by atoms with Crippen molar-refractivity contribution >= 4 is 23.4 Å². The minimum atomic E-state index is 0.404. The first kappa shape index (κ1) is 14.4. The maximum Gasteiger partial charge on any atom is 0.191 e. The second-order valence-electron chi connectivity index (χ2n) is 6.27. The van der Waals surface area contributed by atoms with Gasteiger partial charge in [-0.2, -0.15) is 0 Å². The van der Waals surface area contributed by atoms with Gasteiger partial charge in [0.15, 0.2) is 5.16 Å². The highest BCUT2D eigenvalue weighted by atomic mass is 32.2. The number of aromatic nitrogens is 2. The molecule has 0 aliphatic carbocycles. The number of anilines is 2. The van der Waals surface area contributed by atoms with Crippen LogP contribution in [0.2, 0.25) is 0 Å². The fourth-order valence-electron chi connectivity index (χ4n) is 2.66. The van der Waals surface area contributed by atoms with Crippen molar-refractivity contribution in [2.75, 3.05) is 30.0 Å². The van der Waals surface area contributed by atoms with Crippen LogP contribution in [0.4, 0.5) is 11.6 Å². The van der Waals surface area contributed by atoms with Gasteiger partial charge in [-0.15, -0.1) is 0 Å². The zero-order valence-electron chi connectivity index (χ0n) is 12.3. The third-order valence-electron chi connectivity index (χ3n) is 3.94. The van der Waals surface area contributed by atoms with E-state index in [1.54, 1.807) is 0 Å². The molecule has 2 rings (SSSR count). The number of thioether (sulfide) groups is 1. The quantitative estimate of drug-likeness (QED) is 0.666. The molecule has 2 heterocycles. The van der Waals surface area contributed by atoms with Crippen LogP contribution in [-0.2, 0) is 0 Å². The lowest BCUT2D eigenvalue weighted by molar-refractivity contribution is 0.198. The second kappa shape index (κ2) is 5.57. The maximum atomic E-state index is 5.85. The highest BCUT2D eigenvalue weighted by Crippen LogP contribution is 2.35. The van der Waals surface area contributed by atoms with Gasteiger partial charge in [-0.3, -0.25) is 0 Å². The number of nitrogen functional groups attached to an aromatic ring is 1. The lowest BCUT2D eigenvalue weighted by atomic mass is 9.75. The molecule has 0 amide bonds. The molecular weight excluding hydrogens is 256 g/mol. The van der Waals surface area contributed by atoms with Gasteiger partial charge < -0.3 is 10.6 Å². The van der Waals surface area contributed by atoms with E-state index in [0.29, 0.717) is 11.2 Å². The Bertz CT molecular complexity index is 434. The Hall–Kier alpha value is -0.970. The molecule has 0 bridgehead atoms. The summed E-state index contributed by atoms with van der Waals surface area (Å²) in [5.41, 5.74) is 6.25. The van der Waals surface area contributed by atoms with Gasteiger partial charge >= 0.3 is 0 Å². The average Bonchev–Trinajstić information content (AvgIpc) is 2.37. The van der Waals surface area contributed by atoms with Crippen LogP contribution in [0.3, 0.4) is 0 Å². The molecule has 0 aromatic carbocycles. The molecule has 1 aliphatic rings. The summed E-state index contributed by atoms with van der Waals surface area (Å²) in [5.74, 6) is 2.33. The van der Waals surface area contributed by atoms with Crippen LogP contribution in [0.1, 0.15) is 33.6 Å². The van der Waals surface area contributed by atoms with E-state index in [1.165, 1.54) is 24.6 Å². The molecule has 1 aliphatic heterocycles. The van der Waals surface area contributed by atoms with Crippen molar-refractivity contribution in [1.29, 1.82) is 0 Å². The minimum absolute atomic E-state index is 0.404. The molecule has 2 N–H and O–H groups in total. The van der Waals surface area contributed by atoms with E-state index in [9.17, 15) is 0 Å². The Morgan fingerprint density at radius 2 is 1.89 bits per heavy atom. The summed E-state index contributed by atoms with van der Waals surface area (Å²) in [6.45, 7) is 9.13. The Labute approximate surface area is 120 Å². The van der Waals surface area contributed by atoms with Crippen molar-refractivity contribution in [2.45, 2.75) is 38.8 Å². The van der Waals surface area contributed by atoms with E-state index in [0.717, 1.165) is 30.0 Å². The van der Waals surface area contributed by atoms with Crippen LogP contribution < -0.4 is 10.6 Å². The standard InChI is InChI=1S/C14H24N4S/c1-14(2,3)10-5-7-18(8-6-10)12-9-11(15)16-13(17-12)19-4/h9-10H,5-8H2,1-4H3,(H2,15,16,17). The number of rotatable bonds is 2. The molecule has 1 fully saturated rings. The molecule has 106 valence electrons. The van der Waals surface area contributed by atoms with Crippen LogP contribution in [0, 0.1) is 11.3 Å². The van der Waals surface area contributed by atoms with Crippen LogP contribution in [-0.4, -0.2) is 29.3 Å². The lowest BCUT2D eigenvalue weighted by Crippen LogP contribution is -2.38. The number of hydrogen-bond donors (Lipinski definition) is 1. The lowest BCUT2D eigenvalue weighted by Gasteiger charge is -2.39. The predicted molar refractivity (Wildman–Crippen MR) is 82.6 cm³/mol. The minimum Gasteiger partial charge on any atom is -0.383 e. The first-order valence-corrected chi connectivity index (χ1v) is 8.06. The van der Waals surface area contributed by atoms with E-state index < -0.39 is 0 Å².